The number of carbonyl (C=O) groups excluding carboxylic acids is 2. The van der Waals surface area contributed by atoms with Crippen LogP contribution in [0.5, 0.6) is 0 Å². The van der Waals surface area contributed by atoms with Crippen molar-refractivity contribution in [2.45, 2.75) is 45.1 Å². The summed E-state index contributed by atoms with van der Waals surface area (Å²) >= 11 is 0. The molecule has 0 spiro atoms. The van der Waals surface area contributed by atoms with Crippen LogP contribution >= 0.6 is 0 Å². The van der Waals surface area contributed by atoms with Crippen molar-refractivity contribution >= 4 is 27.6 Å². The lowest BCUT2D eigenvalue weighted by Gasteiger charge is -2.24. The Balaban J connectivity index is 2.27. The van der Waals surface area contributed by atoms with Crippen LogP contribution in [0.2, 0.25) is 0 Å². The summed E-state index contributed by atoms with van der Waals surface area (Å²) in [6.45, 7) is 8.64. The third-order valence-electron chi connectivity index (χ3n) is 4.17. The first-order valence-electron chi connectivity index (χ1n) is 9.62. The number of sulfonamides is 1. The number of nitrogens with zero attached hydrogens (tertiary/aromatic N) is 1. The van der Waals surface area contributed by atoms with E-state index in [1.807, 2.05) is 26.8 Å². The average molecular weight is 433 g/mol. The van der Waals surface area contributed by atoms with Crippen LogP contribution in [0, 0.1) is 6.92 Å². The van der Waals surface area contributed by atoms with Gasteiger partial charge in [-0.1, -0.05) is 24.3 Å². The highest BCUT2D eigenvalue weighted by Gasteiger charge is 2.27. The molecule has 162 valence electrons. The van der Waals surface area contributed by atoms with Gasteiger partial charge in [-0.3, -0.25) is 9.10 Å². The molecule has 7 nitrogen and oxygen atoms in total. The monoisotopic (exact) mass is 432 g/mol. The number of hydrogen-bond acceptors (Lipinski definition) is 5. The number of amides is 1. The molecule has 0 radical (unpaired) electrons. The second kappa shape index (κ2) is 9.30. The molecule has 2 aromatic rings. The molecule has 0 atom stereocenters. The molecule has 1 amide bonds. The Morgan fingerprint density at radius 3 is 2.27 bits per heavy atom. The van der Waals surface area contributed by atoms with Gasteiger partial charge in [0, 0.05) is 12.1 Å². The standard InChI is InChI=1S/C22H28N2O5S/c1-6-24(18-10-8-7-9-11-18)30(27,28)19-14-17(13-12-16(19)2)21(26)29-15-20(25)23-22(3,4)5/h7-14H,6,15H2,1-5H3,(H,23,25). The Morgan fingerprint density at radius 1 is 1.07 bits per heavy atom. The summed E-state index contributed by atoms with van der Waals surface area (Å²) in [6.07, 6.45) is 0. The van der Waals surface area contributed by atoms with Gasteiger partial charge in [0.05, 0.1) is 16.1 Å². The van der Waals surface area contributed by atoms with Crippen molar-refractivity contribution in [1.82, 2.24) is 5.32 Å². The van der Waals surface area contributed by atoms with Gasteiger partial charge in [-0.2, -0.15) is 0 Å². The van der Waals surface area contributed by atoms with E-state index < -0.39 is 34.0 Å². The topological polar surface area (TPSA) is 92.8 Å². The predicted octanol–water partition coefficient (Wildman–Crippen LogP) is 3.28. The zero-order chi connectivity index (χ0) is 22.5. The summed E-state index contributed by atoms with van der Waals surface area (Å²) in [5.74, 6) is -1.20. The number of hydrogen-bond donors (Lipinski definition) is 1. The lowest BCUT2D eigenvalue weighted by Crippen LogP contribution is -2.42. The Hall–Kier alpha value is -2.87. The summed E-state index contributed by atoms with van der Waals surface area (Å²) in [6, 6.07) is 13.1. The van der Waals surface area contributed by atoms with E-state index in [-0.39, 0.29) is 17.0 Å². The number of ether oxygens (including phenoxy) is 1. The molecule has 0 bridgehead atoms. The SMILES string of the molecule is CCN(c1ccccc1)S(=O)(=O)c1cc(C(=O)OCC(=O)NC(C)(C)C)ccc1C. The Kier molecular flexibility index (Phi) is 7.25. The fraction of sp³-hybridized carbons (Fsp3) is 0.364. The molecule has 0 aliphatic carbocycles. The molecular weight excluding hydrogens is 404 g/mol. The van der Waals surface area contributed by atoms with E-state index >= 15 is 0 Å². The van der Waals surface area contributed by atoms with Gasteiger partial charge in [0.1, 0.15) is 0 Å². The van der Waals surface area contributed by atoms with E-state index in [4.69, 9.17) is 4.74 Å². The van der Waals surface area contributed by atoms with E-state index in [1.165, 1.54) is 16.4 Å². The Labute approximate surface area is 178 Å². The molecule has 2 rings (SSSR count). The first kappa shape index (κ1) is 23.4. The maximum atomic E-state index is 13.3. The quantitative estimate of drug-likeness (QED) is 0.678. The van der Waals surface area contributed by atoms with Crippen LogP contribution < -0.4 is 9.62 Å². The molecule has 0 aromatic heterocycles. The van der Waals surface area contributed by atoms with E-state index in [9.17, 15) is 18.0 Å². The second-order valence-corrected chi connectivity index (χ2v) is 9.69. The van der Waals surface area contributed by atoms with E-state index in [0.717, 1.165) is 0 Å². The molecule has 30 heavy (non-hydrogen) atoms. The summed E-state index contributed by atoms with van der Waals surface area (Å²) < 4.78 is 32.9. The van der Waals surface area contributed by atoms with Gasteiger partial charge in [-0.25, -0.2) is 13.2 Å². The highest BCUT2D eigenvalue weighted by Crippen LogP contribution is 2.26. The molecule has 0 aliphatic heterocycles. The van der Waals surface area contributed by atoms with Crippen LogP contribution in [0.25, 0.3) is 0 Å². The minimum absolute atomic E-state index is 0.0156. The van der Waals surface area contributed by atoms with Crippen molar-refractivity contribution in [3.05, 3.63) is 59.7 Å². The third-order valence-corrected chi connectivity index (χ3v) is 6.22. The maximum absolute atomic E-state index is 13.3. The van der Waals surface area contributed by atoms with E-state index in [2.05, 4.69) is 5.32 Å². The van der Waals surface area contributed by atoms with Crippen LogP contribution in [0.15, 0.2) is 53.4 Å². The van der Waals surface area contributed by atoms with Crippen LogP contribution in [0.3, 0.4) is 0 Å². The van der Waals surface area contributed by atoms with Crippen LogP contribution in [0.1, 0.15) is 43.6 Å². The van der Waals surface area contributed by atoms with Crippen LogP contribution in [-0.4, -0.2) is 39.0 Å². The van der Waals surface area contributed by atoms with E-state index in [0.29, 0.717) is 11.3 Å². The fourth-order valence-corrected chi connectivity index (χ4v) is 4.61. The van der Waals surface area contributed by atoms with Gasteiger partial charge < -0.3 is 10.1 Å². The van der Waals surface area contributed by atoms with E-state index in [1.54, 1.807) is 44.2 Å². The lowest BCUT2D eigenvalue weighted by molar-refractivity contribution is -0.125. The predicted molar refractivity (Wildman–Crippen MR) is 116 cm³/mol. The number of rotatable bonds is 7. The minimum atomic E-state index is -3.90. The first-order valence-corrected chi connectivity index (χ1v) is 11.1. The van der Waals surface area contributed by atoms with Crippen molar-refractivity contribution < 1.29 is 22.7 Å². The van der Waals surface area contributed by atoms with Gasteiger partial charge in [-0.15, -0.1) is 0 Å². The average Bonchev–Trinajstić information content (AvgIpc) is 2.66. The number of benzene rings is 2. The van der Waals surface area contributed by atoms with Crippen molar-refractivity contribution in [2.24, 2.45) is 0 Å². The number of para-hydroxylation sites is 1. The second-order valence-electron chi connectivity index (χ2n) is 7.86. The van der Waals surface area contributed by atoms with Gasteiger partial charge >= 0.3 is 5.97 Å². The van der Waals surface area contributed by atoms with Gasteiger partial charge in [0.15, 0.2) is 6.61 Å². The van der Waals surface area contributed by atoms with Crippen molar-refractivity contribution in [2.75, 3.05) is 17.5 Å². The van der Waals surface area contributed by atoms with Gasteiger partial charge in [0.25, 0.3) is 15.9 Å². The number of esters is 1. The lowest BCUT2D eigenvalue weighted by atomic mass is 10.1. The minimum Gasteiger partial charge on any atom is -0.452 e. The van der Waals surface area contributed by atoms with Crippen LogP contribution in [-0.2, 0) is 19.6 Å². The van der Waals surface area contributed by atoms with Crippen molar-refractivity contribution in [3.8, 4) is 0 Å². The third kappa shape index (κ3) is 5.82. The van der Waals surface area contributed by atoms with Gasteiger partial charge in [0.2, 0.25) is 0 Å². The highest BCUT2D eigenvalue weighted by molar-refractivity contribution is 7.92. The number of aryl methyl sites for hydroxylation is 1. The number of nitrogens with one attached hydrogen (secondary N) is 1. The first-order chi connectivity index (χ1) is 14.0. The molecular formula is C22H28N2O5S. The summed E-state index contributed by atoms with van der Waals surface area (Å²) in [5.41, 5.74) is 0.653. The summed E-state index contributed by atoms with van der Waals surface area (Å²) in [7, 11) is -3.90. The molecule has 1 N–H and O–H groups in total. The smallest absolute Gasteiger partial charge is 0.338 e. The molecule has 0 heterocycles. The zero-order valence-electron chi connectivity index (χ0n) is 17.9. The Bertz CT molecular complexity index is 1010. The molecule has 0 saturated heterocycles. The molecule has 0 aliphatic rings. The van der Waals surface area contributed by atoms with Crippen LogP contribution in [0.4, 0.5) is 5.69 Å². The zero-order valence-corrected chi connectivity index (χ0v) is 18.7. The number of carbonyl (C=O) groups is 2. The summed E-state index contributed by atoms with van der Waals surface area (Å²) in [5, 5.41) is 2.69. The van der Waals surface area contributed by atoms with Crippen molar-refractivity contribution in [3.63, 3.8) is 0 Å². The largest absolute Gasteiger partial charge is 0.452 e. The molecule has 2 aromatic carbocycles. The van der Waals surface area contributed by atoms with Gasteiger partial charge in [-0.05, 0) is 64.4 Å². The maximum Gasteiger partial charge on any atom is 0.338 e. The normalized spacial score (nSPS) is 11.6. The molecule has 0 saturated carbocycles. The Morgan fingerprint density at radius 2 is 1.70 bits per heavy atom. The number of anilines is 1. The molecule has 0 unspecified atom stereocenters. The summed E-state index contributed by atoms with van der Waals surface area (Å²) in [4.78, 5) is 24.3. The molecule has 0 fully saturated rings. The highest BCUT2D eigenvalue weighted by atomic mass is 32.2. The van der Waals surface area contributed by atoms with Crippen molar-refractivity contribution in [1.29, 1.82) is 0 Å². The molecule has 8 heteroatoms. The fourth-order valence-electron chi connectivity index (χ4n) is 2.88.